The summed E-state index contributed by atoms with van der Waals surface area (Å²) in [7, 11) is 1.99. The molecule has 1 amide bonds. The molecule has 0 spiro atoms. The van der Waals surface area contributed by atoms with Gasteiger partial charge in [0.2, 0.25) is 5.91 Å². The Bertz CT molecular complexity index is 1040. The number of alkyl halides is 3. The molecule has 2 atom stereocenters. The summed E-state index contributed by atoms with van der Waals surface area (Å²) in [5, 5.41) is 1.16. The van der Waals surface area contributed by atoms with Crippen molar-refractivity contribution >= 4 is 28.7 Å². The van der Waals surface area contributed by atoms with Crippen LogP contribution in [0.25, 0.3) is 16.5 Å². The van der Waals surface area contributed by atoms with Crippen LogP contribution >= 0.6 is 0 Å². The highest BCUT2D eigenvalue weighted by Gasteiger charge is 2.39. The van der Waals surface area contributed by atoms with Crippen molar-refractivity contribution in [1.29, 1.82) is 0 Å². The van der Waals surface area contributed by atoms with Crippen molar-refractivity contribution in [2.24, 2.45) is 13.0 Å². The first-order valence-electron chi connectivity index (χ1n) is 11.4. The van der Waals surface area contributed by atoms with Gasteiger partial charge in [0.1, 0.15) is 6.29 Å². The predicted molar refractivity (Wildman–Crippen MR) is 124 cm³/mol. The zero-order valence-corrected chi connectivity index (χ0v) is 19.7. The van der Waals surface area contributed by atoms with Crippen molar-refractivity contribution in [1.82, 2.24) is 14.4 Å². The van der Waals surface area contributed by atoms with Gasteiger partial charge in [-0.1, -0.05) is 18.2 Å². The smallest absolute Gasteiger partial charge is 0.350 e. The molecule has 1 aromatic heterocycles. The SMILES string of the molecule is CC=O.CCN(CC)C(=O)C1C=C2c3cccc4c3c(cn4C)CC2N(CCC(F)(F)F)C1. The fourth-order valence-electron chi connectivity index (χ4n) is 5.05. The van der Waals surface area contributed by atoms with Crippen molar-refractivity contribution in [3.05, 3.63) is 41.6 Å². The van der Waals surface area contributed by atoms with Gasteiger partial charge in [-0.3, -0.25) is 9.69 Å². The highest BCUT2D eigenvalue weighted by Crippen LogP contribution is 2.42. The van der Waals surface area contributed by atoms with Crippen molar-refractivity contribution in [3.8, 4) is 0 Å². The molecule has 0 saturated heterocycles. The molecule has 0 N–H and O–H groups in total. The van der Waals surface area contributed by atoms with Crippen LogP contribution in [0.1, 0.15) is 38.3 Å². The Morgan fingerprint density at radius 1 is 1.24 bits per heavy atom. The number of carbonyl (C=O) groups excluding carboxylic acids is 2. The summed E-state index contributed by atoms with van der Waals surface area (Å²) in [5.41, 5.74) is 4.32. The second-order valence-electron chi connectivity index (χ2n) is 8.52. The van der Waals surface area contributed by atoms with Gasteiger partial charge >= 0.3 is 6.18 Å². The van der Waals surface area contributed by atoms with Crippen molar-refractivity contribution in [2.45, 2.75) is 45.8 Å². The summed E-state index contributed by atoms with van der Waals surface area (Å²) in [5.74, 6) is -0.432. The fraction of sp³-hybridized carbons (Fsp3) is 0.520. The lowest BCUT2D eigenvalue weighted by Crippen LogP contribution is -2.50. The monoisotopic (exact) mass is 463 g/mol. The molecular formula is C25H32F3N3O2. The Balaban J connectivity index is 0.000000968. The van der Waals surface area contributed by atoms with E-state index >= 15 is 0 Å². The summed E-state index contributed by atoms with van der Waals surface area (Å²) >= 11 is 0. The van der Waals surface area contributed by atoms with E-state index in [1.165, 1.54) is 6.92 Å². The largest absolute Gasteiger partial charge is 0.390 e. The molecule has 2 aliphatic rings. The first-order valence-corrected chi connectivity index (χ1v) is 11.4. The van der Waals surface area contributed by atoms with Crippen LogP contribution in [0, 0.1) is 5.92 Å². The lowest BCUT2D eigenvalue weighted by atomic mass is 9.79. The number of nitrogens with zero attached hydrogens (tertiary/aromatic N) is 3. The van der Waals surface area contributed by atoms with Crippen LogP contribution in [-0.4, -0.2) is 65.0 Å². The molecule has 0 radical (unpaired) electrons. The topological polar surface area (TPSA) is 45.6 Å². The number of carbonyl (C=O) groups is 2. The number of aromatic nitrogens is 1. The van der Waals surface area contributed by atoms with Crippen molar-refractivity contribution in [3.63, 3.8) is 0 Å². The van der Waals surface area contributed by atoms with E-state index in [4.69, 9.17) is 4.79 Å². The van der Waals surface area contributed by atoms with Crippen LogP contribution in [0.3, 0.4) is 0 Å². The number of hydrogen-bond acceptors (Lipinski definition) is 3. The Hall–Kier alpha value is -2.61. The zero-order valence-electron chi connectivity index (χ0n) is 19.7. The molecule has 2 aromatic rings. The van der Waals surface area contributed by atoms with Crippen molar-refractivity contribution in [2.75, 3.05) is 26.2 Å². The summed E-state index contributed by atoms with van der Waals surface area (Å²) in [6, 6.07) is 5.95. The third-order valence-corrected chi connectivity index (χ3v) is 6.50. The standard InChI is InChI=1S/C23H28F3N3O.C2H4O/c1-4-28(5-2)22(30)16-11-18-17-7-6-8-19-21(17)15(13-27(19)3)12-20(18)29(14-16)10-9-23(24,25)26;1-2-3/h6-8,11,13,16,20H,4-5,9-10,12,14H2,1-3H3;2H,1H3. The normalized spacial score (nSPS) is 19.9. The van der Waals surface area contributed by atoms with Crippen molar-refractivity contribution < 1.29 is 22.8 Å². The number of benzene rings is 1. The van der Waals surface area contributed by atoms with E-state index in [0.29, 0.717) is 26.1 Å². The van der Waals surface area contributed by atoms with E-state index in [1.807, 2.05) is 44.0 Å². The molecule has 1 aliphatic carbocycles. The average Bonchev–Trinajstić information content (AvgIpc) is 3.09. The third kappa shape index (κ3) is 5.16. The first kappa shape index (κ1) is 25.0. The molecule has 33 heavy (non-hydrogen) atoms. The van der Waals surface area contributed by atoms with Crippen LogP contribution in [0.15, 0.2) is 30.5 Å². The van der Waals surface area contributed by atoms with Crippen LogP contribution < -0.4 is 0 Å². The quantitative estimate of drug-likeness (QED) is 0.616. The fourth-order valence-corrected chi connectivity index (χ4v) is 5.05. The second-order valence-corrected chi connectivity index (χ2v) is 8.52. The molecule has 180 valence electrons. The average molecular weight is 464 g/mol. The van der Waals surface area contributed by atoms with Gasteiger partial charge in [0.15, 0.2) is 0 Å². The minimum Gasteiger partial charge on any atom is -0.350 e. The Labute approximate surface area is 192 Å². The van der Waals surface area contributed by atoms with E-state index in [9.17, 15) is 18.0 Å². The number of halogens is 3. The van der Waals surface area contributed by atoms with Crippen LogP contribution in [0.4, 0.5) is 13.2 Å². The summed E-state index contributed by atoms with van der Waals surface area (Å²) in [6.45, 7) is 6.74. The maximum absolute atomic E-state index is 13.1. The molecule has 1 aromatic carbocycles. The van der Waals surface area contributed by atoms with E-state index in [2.05, 4.69) is 16.8 Å². The van der Waals surface area contributed by atoms with Crippen LogP contribution in [-0.2, 0) is 23.1 Å². The van der Waals surface area contributed by atoms with Gasteiger partial charge in [0.25, 0.3) is 0 Å². The minimum absolute atomic E-state index is 0.00556. The number of hydrogen-bond donors (Lipinski definition) is 0. The molecular weight excluding hydrogens is 431 g/mol. The predicted octanol–water partition coefficient (Wildman–Crippen LogP) is 4.44. The zero-order chi connectivity index (χ0) is 24.3. The number of aldehydes is 1. The molecule has 2 unspecified atom stereocenters. The Kier molecular flexibility index (Phi) is 7.67. The van der Waals surface area contributed by atoms with Gasteiger partial charge in [-0.15, -0.1) is 0 Å². The van der Waals surface area contributed by atoms with E-state index in [1.54, 1.807) is 4.90 Å². The first-order chi connectivity index (χ1) is 15.6. The highest BCUT2D eigenvalue weighted by molar-refractivity contribution is 5.99. The molecule has 2 heterocycles. The number of rotatable bonds is 5. The number of aryl methyl sites for hydroxylation is 1. The lowest BCUT2D eigenvalue weighted by Gasteiger charge is -2.42. The summed E-state index contributed by atoms with van der Waals surface area (Å²) in [4.78, 5) is 25.6. The van der Waals surface area contributed by atoms with Gasteiger partial charge in [-0.2, -0.15) is 13.2 Å². The van der Waals surface area contributed by atoms with Gasteiger partial charge in [-0.25, -0.2) is 0 Å². The molecule has 4 rings (SSSR count). The maximum atomic E-state index is 13.1. The molecule has 1 aliphatic heterocycles. The Morgan fingerprint density at radius 2 is 1.91 bits per heavy atom. The summed E-state index contributed by atoms with van der Waals surface area (Å²) in [6.07, 6.45) is 0.450. The van der Waals surface area contributed by atoms with Crippen LogP contribution in [0.5, 0.6) is 0 Å². The van der Waals surface area contributed by atoms with Gasteiger partial charge in [0.05, 0.1) is 12.3 Å². The minimum atomic E-state index is -4.22. The number of amides is 1. The molecule has 5 nitrogen and oxygen atoms in total. The van der Waals surface area contributed by atoms with Gasteiger partial charge < -0.3 is 14.3 Å². The third-order valence-electron chi connectivity index (χ3n) is 6.50. The molecule has 0 bridgehead atoms. The van der Waals surface area contributed by atoms with E-state index < -0.39 is 18.5 Å². The van der Waals surface area contributed by atoms with Crippen LogP contribution in [0.2, 0.25) is 0 Å². The van der Waals surface area contributed by atoms with Gasteiger partial charge in [-0.05, 0) is 50.0 Å². The Morgan fingerprint density at radius 3 is 2.52 bits per heavy atom. The number of fused-ring (bicyclic) bond motifs is 2. The highest BCUT2D eigenvalue weighted by atomic mass is 19.4. The lowest BCUT2D eigenvalue weighted by molar-refractivity contribution is -0.140. The molecule has 0 saturated carbocycles. The van der Waals surface area contributed by atoms with E-state index in [0.717, 1.165) is 33.9 Å². The molecule has 0 fully saturated rings. The van der Waals surface area contributed by atoms with E-state index in [-0.39, 0.29) is 18.5 Å². The van der Waals surface area contributed by atoms with Gasteiger partial charge in [0, 0.05) is 56.4 Å². The molecule has 8 heteroatoms. The summed E-state index contributed by atoms with van der Waals surface area (Å²) < 4.78 is 41.2. The second kappa shape index (κ2) is 10.1. The maximum Gasteiger partial charge on any atom is 0.390 e.